The van der Waals surface area contributed by atoms with Crippen molar-refractivity contribution in [3.8, 4) is 11.5 Å². The zero-order valence-electron chi connectivity index (χ0n) is 14.7. The van der Waals surface area contributed by atoms with Gasteiger partial charge in [-0.05, 0) is 60.9 Å². The largest absolute Gasteiger partial charge is 0.494 e. The van der Waals surface area contributed by atoms with Crippen molar-refractivity contribution < 1.29 is 14.3 Å². The molecule has 2 aromatic rings. The van der Waals surface area contributed by atoms with E-state index in [-0.39, 0.29) is 12.3 Å². The van der Waals surface area contributed by atoms with Crippen molar-refractivity contribution in [2.24, 2.45) is 5.10 Å². The van der Waals surface area contributed by atoms with Crippen LogP contribution in [0.4, 0.5) is 0 Å². The minimum absolute atomic E-state index is 0.164. The highest BCUT2D eigenvalue weighted by Crippen LogP contribution is 2.13. The average molecular weight is 340 g/mol. The quantitative estimate of drug-likeness (QED) is 0.561. The Morgan fingerprint density at radius 3 is 2.28 bits per heavy atom. The molecule has 0 heterocycles. The topological polar surface area (TPSA) is 59.9 Å². The number of hydrogen-bond donors (Lipinski definition) is 1. The lowest BCUT2D eigenvalue weighted by Crippen LogP contribution is -2.19. The van der Waals surface area contributed by atoms with Crippen molar-refractivity contribution in [2.45, 2.75) is 26.7 Å². The van der Waals surface area contributed by atoms with Gasteiger partial charge in [0, 0.05) is 0 Å². The monoisotopic (exact) mass is 340 g/mol. The maximum atomic E-state index is 11.9. The standard InChI is InChI=1S/C20H24N2O3/c1-3-13-25-19-11-7-17(8-12-19)15-21-22-20(23)14-16-5-9-18(10-6-16)24-4-2/h5-12,15H,3-4,13-14H2,1-2H3,(H,22,23)/b21-15-. The molecule has 0 aliphatic heterocycles. The fourth-order valence-corrected chi connectivity index (χ4v) is 2.14. The summed E-state index contributed by atoms with van der Waals surface area (Å²) < 4.78 is 10.9. The predicted octanol–water partition coefficient (Wildman–Crippen LogP) is 3.57. The van der Waals surface area contributed by atoms with Gasteiger partial charge in [0.15, 0.2) is 0 Å². The molecule has 0 aliphatic rings. The number of carbonyl (C=O) groups is 1. The molecule has 2 rings (SSSR count). The summed E-state index contributed by atoms with van der Waals surface area (Å²) in [6.07, 6.45) is 2.86. The zero-order valence-corrected chi connectivity index (χ0v) is 14.7. The average Bonchev–Trinajstić information content (AvgIpc) is 2.63. The van der Waals surface area contributed by atoms with Gasteiger partial charge in [-0.3, -0.25) is 4.79 Å². The van der Waals surface area contributed by atoms with Gasteiger partial charge in [0.1, 0.15) is 11.5 Å². The highest BCUT2D eigenvalue weighted by Gasteiger charge is 2.02. The Bertz CT molecular complexity index is 679. The minimum Gasteiger partial charge on any atom is -0.494 e. The van der Waals surface area contributed by atoms with Crippen molar-refractivity contribution in [3.63, 3.8) is 0 Å². The first-order chi connectivity index (χ1) is 12.2. The third-order valence-corrected chi connectivity index (χ3v) is 3.35. The number of amides is 1. The summed E-state index contributed by atoms with van der Waals surface area (Å²) >= 11 is 0. The van der Waals surface area contributed by atoms with Crippen molar-refractivity contribution >= 4 is 12.1 Å². The molecule has 0 saturated heterocycles. The summed E-state index contributed by atoms with van der Waals surface area (Å²) in [6, 6.07) is 15.0. The van der Waals surface area contributed by atoms with E-state index in [1.54, 1.807) is 6.21 Å². The Balaban J connectivity index is 1.79. The Hall–Kier alpha value is -2.82. The van der Waals surface area contributed by atoms with Crippen LogP contribution in [0.1, 0.15) is 31.4 Å². The molecule has 5 nitrogen and oxygen atoms in total. The molecule has 0 unspecified atom stereocenters. The summed E-state index contributed by atoms with van der Waals surface area (Å²) in [7, 11) is 0. The van der Waals surface area contributed by atoms with E-state index in [1.807, 2.05) is 55.5 Å². The minimum atomic E-state index is -0.164. The Labute approximate surface area is 148 Å². The van der Waals surface area contributed by atoms with E-state index < -0.39 is 0 Å². The lowest BCUT2D eigenvalue weighted by Gasteiger charge is -2.05. The fourth-order valence-electron chi connectivity index (χ4n) is 2.14. The van der Waals surface area contributed by atoms with E-state index in [0.29, 0.717) is 13.2 Å². The molecule has 0 saturated carbocycles. The SMILES string of the molecule is CCCOc1ccc(/C=N\NC(=O)Cc2ccc(OCC)cc2)cc1. The number of carbonyl (C=O) groups excluding carboxylic acids is 1. The normalized spacial score (nSPS) is 10.6. The van der Waals surface area contributed by atoms with Crippen LogP contribution in [0.2, 0.25) is 0 Å². The maximum absolute atomic E-state index is 11.9. The van der Waals surface area contributed by atoms with Crippen molar-refractivity contribution in [1.29, 1.82) is 0 Å². The van der Waals surface area contributed by atoms with Gasteiger partial charge in [-0.25, -0.2) is 5.43 Å². The lowest BCUT2D eigenvalue weighted by molar-refractivity contribution is -0.120. The van der Waals surface area contributed by atoms with E-state index in [0.717, 1.165) is 29.0 Å². The Kier molecular flexibility index (Phi) is 7.50. The van der Waals surface area contributed by atoms with E-state index in [2.05, 4.69) is 17.5 Å². The second-order valence-electron chi connectivity index (χ2n) is 5.46. The number of benzene rings is 2. The van der Waals surface area contributed by atoms with E-state index in [9.17, 15) is 4.79 Å². The van der Waals surface area contributed by atoms with Crippen molar-refractivity contribution in [1.82, 2.24) is 5.43 Å². The first-order valence-corrected chi connectivity index (χ1v) is 8.47. The zero-order chi connectivity index (χ0) is 17.9. The van der Waals surface area contributed by atoms with Gasteiger partial charge in [-0.2, -0.15) is 5.10 Å². The molecule has 1 N–H and O–H groups in total. The van der Waals surface area contributed by atoms with Crippen LogP contribution in [0, 0.1) is 0 Å². The molecular formula is C20H24N2O3. The highest BCUT2D eigenvalue weighted by molar-refractivity contribution is 5.83. The van der Waals surface area contributed by atoms with E-state index in [1.165, 1.54) is 0 Å². The lowest BCUT2D eigenvalue weighted by atomic mass is 10.1. The second-order valence-corrected chi connectivity index (χ2v) is 5.46. The van der Waals surface area contributed by atoms with E-state index >= 15 is 0 Å². The Morgan fingerprint density at radius 1 is 1.00 bits per heavy atom. The smallest absolute Gasteiger partial charge is 0.244 e. The third kappa shape index (κ3) is 6.67. The van der Waals surface area contributed by atoms with E-state index in [4.69, 9.17) is 9.47 Å². The molecule has 2 aromatic carbocycles. The van der Waals surface area contributed by atoms with Gasteiger partial charge >= 0.3 is 0 Å². The number of ether oxygens (including phenoxy) is 2. The van der Waals surface area contributed by atoms with Crippen LogP contribution in [0.3, 0.4) is 0 Å². The summed E-state index contributed by atoms with van der Waals surface area (Å²) in [6.45, 7) is 5.33. The van der Waals surface area contributed by atoms with Crippen molar-refractivity contribution in [2.75, 3.05) is 13.2 Å². The van der Waals surface area contributed by atoms with Gasteiger partial charge in [0.25, 0.3) is 0 Å². The fraction of sp³-hybridized carbons (Fsp3) is 0.300. The molecule has 1 amide bonds. The Morgan fingerprint density at radius 2 is 1.64 bits per heavy atom. The molecule has 0 aliphatic carbocycles. The second kappa shape index (κ2) is 10.1. The molecular weight excluding hydrogens is 316 g/mol. The molecule has 0 spiro atoms. The molecule has 0 aromatic heterocycles. The molecule has 0 atom stereocenters. The summed E-state index contributed by atoms with van der Waals surface area (Å²) in [5.41, 5.74) is 4.34. The van der Waals surface area contributed by atoms with Crippen LogP contribution >= 0.6 is 0 Å². The number of rotatable bonds is 9. The van der Waals surface area contributed by atoms with Crippen molar-refractivity contribution in [3.05, 3.63) is 59.7 Å². The third-order valence-electron chi connectivity index (χ3n) is 3.35. The first kappa shape index (κ1) is 18.5. The van der Waals surface area contributed by atoms with Gasteiger partial charge < -0.3 is 9.47 Å². The summed E-state index contributed by atoms with van der Waals surface area (Å²) in [4.78, 5) is 11.9. The van der Waals surface area contributed by atoms with Gasteiger partial charge in [0.05, 0.1) is 25.8 Å². The van der Waals surface area contributed by atoms with Crippen LogP contribution in [0.5, 0.6) is 11.5 Å². The molecule has 132 valence electrons. The number of nitrogens with zero attached hydrogens (tertiary/aromatic N) is 1. The molecule has 5 heteroatoms. The predicted molar refractivity (Wildman–Crippen MR) is 99.3 cm³/mol. The molecule has 0 radical (unpaired) electrons. The molecule has 0 bridgehead atoms. The maximum Gasteiger partial charge on any atom is 0.244 e. The van der Waals surface area contributed by atoms with Crippen LogP contribution in [-0.4, -0.2) is 25.3 Å². The van der Waals surface area contributed by atoms with Gasteiger partial charge in [-0.15, -0.1) is 0 Å². The summed E-state index contributed by atoms with van der Waals surface area (Å²) in [5.74, 6) is 1.47. The molecule has 25 heavy (non-hydrogen) atoms. The van der Waals surface area contributed by atoms with Crippen LogP contribution in [0.15, 0.2) is 53.6 Å². The van der Waals surface area contributed by atoms with Crippen LogP contribution in [0.25, 0.3) is 0 Å². The number of hydrogen-bond acceptors (Lipinski definition) is 4. The van der Waals surface area contributed by atoms with Gasteiger partial charge in [-0.1, -0.05) is 19.1 Å². The first-order valence-electron chi connectivity index (χ1n) is 8.47. The van der Waals surface area contributed by atoms with Gasteiger partial charge in [0.2, 0.25) is 5.91 Å². The molecule has 0 fully saturated rings. The van der Waals surface area contributed by atoms with Crippen LogP contribution in [-0.2, 0) is 11.2 Å². The van der Waals surface area contributed by atoms with Crippen LogP contribution < -0.4 is 14.9 Å². The summed E-state index contributed by atoms with van der Waals surface area (Å²) in [5, 5.41) is 3.99. The highest BCUT2D eigenvalue weighted by atomic mass is 16.5. The number of nitrogens with one attached hydrogen (secondary N) is 1. The number of hydrazone groups is 1.